The smallest absolute Gasteiger partial charge is 0.269 e. The Hall–Kier alpha value is -1.27. The van der Waals surface area contributed by atoms with E-state index >= 15 is 0 Å². The van der Waals surface area contributed by atoms with Crippen LogP contribution in [0, 0.1) is 10.1 Å². The average molecular weight is 311 g/mol. The van der Waals surface area contributed by atoms with Crippen molar-refractivity contribution < 1.29 is 4.92 Å². The predicted octanol–water partition coefficient (Wildman–Crippen LogP) is 3.60. The van der Waals surface area contributed by atoms with Crippen LogP contribution in [0.15, 0.2) is 18.2 Å². The number of hydrogen-bond acceptors (Lipinski definition) is 5. The number of thioether (sulfide) groups is 1. The second-order valence-corrected chi connectivity index (χ2v) is 5.97. The second-order valence-electron chi connectivity index (χ2n) is 5.06. The van der Waals surface area contributed by atoms with Gasteiger partial charge in [0.15, 0.2) is 0 Å². The quantitative estimate of drug-likeness (QED) is 0.558. The fraction of sp³-hybridized carbons (Fsp3) is 0.600. The van der Waals surface area contributed by atoms with E-state index in [4.69, 9.17) is 0 Å². The van der Waals surface area contributed by atoms with Gasteiger partial charge in [0.25, 0.3) is 5.69 Å². The molecule has 1 aromatic rings. The van der Waals surface area contributed by atoms with E-state index in [1.807, 2.05) is 18.7 Å². The topological polar surface area (TPSA) is 58.4 Å². The third-order valence-corrected chi connectivity index (χ3v) is 4.26. The van der Waals surface area contributed by atoms with Crippen LogP contribution in [-0.4, -0.2) is 41.5 Å². The molecule has 6 heteroatoms. The van der Waals surface area contributed by atoms with Crippen LogP contribution in [0.4, 0.5) is 11.4 Å². The Morgan fingerprint density at radius 1 is 1.43 bits per heavy atom. The van der Waals surface area contributed by atoms with Crippen molar-refractivity contribution in [2.45, 2.75) is 32.9 Å². The first-order chi connectivity index (χ1) is 10.0. The van der Waals surface area contributed by atoms with Crippen molar-refractivity contribution in [3.05, 3.63) is 33.9 Å². The number of hydrogen-bond donors (Lipinski definition) is 1. The highest BCUT2D eigenvalue weighted by molar-refractivity contribution is 7.98. The minimum atomic E-state index is -0.335. The molecular weight excluding hydrogens is 286 g/mol. The van der Waals surface area contributed by atoms with E-state index in [-0.39, 0.29) is 10.6 Å². The Kier molecular flexibility index (Phi) is 7.53. The summed E-state index contributed by atoms with van der Waals surface area (Å²) in [4.78, 5) is 12.9. The van der Waals surface area contributed by atoms with Crippen LogP contribution >= 0.6 is 11.8 Å². The fourth-order valence-corrected chi connectivity index (χ4v) is 3.21. The van der Waals surface area contributed by atoms with Gasteiger partial charge < -0.3 is 5.32 Å². The molecule has 0 aliphatic rings. The molecule has 0 amide bonds. The first-order valence-electron chi connectivity index (χ1n) is 7.23. The zero-order chi connectivity index (χ0) is 15.8. The summed E-state index contributed by atoms with van der Waals surface area (Å²) in [7, 11) is 2.08. The van der Waals surface area contributed by atoms with Crippen LogP contribution in [0.1, 0.15) is 25.8 Å². The lowest BCUT2D eigenvalue weighted by atomic mass is 10.1. The van der Waals surface area contributed by atoms with Gasteiger partial charge in [-0.3, -0.25) is 15.0 Å². The van der Waals surface area contributed by atoms with Crippen LogP contribution in [0.5, 0.6) is 0 Å². The molecular formula is C15H25N3O2S. The third-order valence-electron chi connectivity index (χ3n) is 3.54. The van der Waals surface area contributed by atoms with Crippen molar-refractivity contribution in [3.63, 3.8) is 0 Å². The van der Waals surface area contributed by atoms with Gasteiger partial charge in [-0.05, 0) is 38.3 Å². The normalized spacial score (nSPS) is 12.4. The lowest BCUT2D eigenvalue weighted by molar-refractivity contribution is -0.384. The number of benzene rings is 1. The van der Waals surface area contributed by atoms with Crippen LogP contribution in [0.25, 0.3) is 0 Å². The Labute approximate surface area is 131 Å². The molecule has 1 rings (SSSR count). The Balaban J connectivity index is 2.97. The highest BCUT2D eigenvalue weighted by atomic mass is 32.2. The van der Waals surface area contributed by atoms with E-state index in [2.05, 4.69) is 30.4 Å². The summed E-state index contributed by atoms with van der Waals surface area (Å²) in [5.41, 5.74) is 2.11. The van der Waals surface area contributed by atoms with Crippen molar-refractivity contribution >= 4 is 23.1 Å². The zero-order valence-electron chi connectivity index (χ0n) is 13.3. The van der Waals surface area contributed by atoms with E-state index < -0.39 is 0 Å². The maximum atomic E-state index is 11.0. The second kappa shape index (κ2) is 8.89. The summed E-state index contributed by atoms with van der Waals surface area (Å²) in [6.45, 7) is 5.72. The molecule has 1 N–H and O–H groups in total. The number of non-ortho nitro benzene ring substituents is 1. The standard InChI is InChI=1S/C15H25N3O2S/c1-5-13(11-21-4)17(3)10-12-9-14(18(19)20)7-8-15(12)16-6-2/h7-9,13,16H,5-6,10-11H2,1-4H3. The first-order valence-corrected chi connectivity index (χ1v) is 8.63. The van der Waals surface area contributed by atoms with Crippen molar-refractivity contribution in [2.24, 2.45) is 0 Å². The molecule has 0 aliphatic heterocycles. The molecule has 1 aromatic carbocycles. The summed E-state index contributed by atoms with van der Waals surface area (Å²) >= 11 is 1.83. The molecule has 0 spiro atoms. The predicted molar refractivity (Wildman–Crippen MR) is 91.2 cm³/mol. The lowest BCUT2D eigenvalue weighted by Gasteiger charge is -2.27. The van der Waals surface area contributed by atoms with Gasteiger partial charge in [0.1, 0.15) is 0 Å². The van der Waals surface area contributed by atoms with E-state index in [0.717, 1.165) is 30.0 Å². The molecule has 1 unspecified atom stereocenters. The van der Waals surface area contributed by atoms with Gasteiger partial charge in [-0.25, -0.2) is 0 Å². The molecule has 5 nitrogen and oxygen atoms in total. The van der Waals surface area contributed by atoms with Crippen molar-refractivity contribution in [1.82, 2.24) is 4.90 Å². The van der Waals surface area contributed by atoms with Gasteiger partial charge in [-0.2, -0.15) is 11.8 Å². The first kappa shape index (κ1) is 17.8. The number of nitro groups is 1. The summed E-state index contributed by atoms with van der Waals surface area (Å²) in [5.74, 6) is 1.07. The highest BCUT2D eigenvalue weighted by Crippen LogP contribution is 2.24. The molecule has 0 bridgehead atoms. The van der Waals surface area contributed by atoms with Gasteiger partial charge in [0.05, 0.1) is 4.92 Å². The van der Waals surface area contributed by atoms with Crippen molar-refractivity contribution in [1.29, 1.82) is 0 Å². The molecule has 0 aliphatic carbocycles. The Morgan fingerprint density at radius 2 is 2.14 bits per heavy atom. The molecule has 0 fully saturated rings. The molecule has 0 saturated carbocycles. The molecule has 0 radical (unpaired) electrons. The van der Waals surface area contributed by atoms with Crippen LogP contribution < -0.4 is 5.32 Å². The molecule has 21 heavy (non-hydrogen) atoms. The van der Waals surface area contributed by atoms with Gasteiger partial charge in [0.2, 0.25) is 0 Å². The van der Waals surface area contributed by atoms with E-state index in [0.29, 0.717) is 12.6 Å². The van der Waals surface area contributed by atoms with Gasteiger partial charge in [0, 0.05) is 42.7 Å². The number of nitro benzene ring substituents is 1. The third kappa shape index (κ3) is 5.21. The lowest BCUT2D eigenvalue weighted by Crippen LogP contribution is -2.32. The van der Waals surface area contributed by atoms with Crippen LogP contribution in [0.3, 0.4) is 0 Å². The maximum absolute atomic E-state index is 11.0. The van der Waals surface area contributed by atoms with Gasteiger partial charge in [-0.15, -0.1) is 0 Å². The summed E-state index contributed by atoms with van der Waals surface area (Å²) < 4.78 is 0. The van der Waals surface area contributed by atoms with E-state index in [1.165, 1.54) is 0 Å². The van der Waals surface area contributed by atoms with Crippen LogP contribution in [-0.2, 0) is 6.54 Å². The SMILES string of the molecule is CCNc1ccc([N+](=O)[O-])cc1CN(C)C(CC)CSC. The van der Waals surface area contributed by atoms with Gasteiger partial charge >= 0.3 is 0 Å². The Bertz CT molecular complexity index is 468. The van der Waals surface area contributed by atoms with E-state index in [9.17, 15) is 10.1 Å². The monoisotopic (exact) mass is 311 g/mol. The average Bonchev–Trinajstić information content (AvgIpc) is 2.46. The van der Waals surface area contributed by atoms with Crippen molar-refractivity contribution in [2.75, 3.05) is 30.9 Å². The summed E-state index contributed by atoms with van der Waals surface area (Å²) in [6.07, 6.45) is 3.18. The molecule has 0 saturated heterocycles. The Morgan fingerprint density at radius 3 is 2.67 bits per heavy atom. The minimum Gasteiger partial charge on any atom is -0.385 e. The molecule has 1 atom stereocenters. The highest BCUT2D eigenvalue weighted by Gasteiger charge is 2.16. The summed E-state index contributed by atoms with van der Waals surface area (Å²) in [5, 5.41) is 14.3. The largest absolute Gasteiger partial charge is 0.385 e. The van der Waals surface area contributed by atoms with Crippen molar-refractivity contribution in [3.8, 4) is 0 Å². The summed E-state index contributed by atoms with van der Waals surface area (Å²) in [6, 6.07) is 5.52. The van der Waals surface area contributed by atoms with E-state index in [1.54, 1.807) is 18.2 Å². The fourth-order valence-electron chi connectivity index (χ4n) is 2.33. The molecule has 0 heterocycles. The van der Waals surface area contributed by atoms with Crippen LogP contribution in [0.2, 0.25) is 0 Å². The number of nitrogens with zero attached hydrogens (tertiary/aromatic N) is 2. The maximum Gasteiger partial charge on any atom is 0.269 e. The number of nitrogens with one attached hydrogen (secondary N) is 1. The molecule has 118 valence electrons. The zero-order valence-corrected chi connectivity index (χ0v) is 14.1. The number of rotatable bonds is 9. The molecule has 0 aromatic heterocycles. The van der Waals surface area contributed by atoms with Gasteiger partial charge in [-0.1, -0.05) is 6.92 Å². The minimum absolute atomic E-state index is 0.151. The number of anilines is 1.